The molecule has 1 aromatic rings. The molecule has 0 unspecified atom stereocenters. The zero-order valence-electron chi connectivity index (χ0n) is 16.5. The molecule has 0 saturated heterocycles. The summed E-state index contributed by atoms with van der Waals surface area (Å²) in [5.41, 5.74) is 0. The summed E-state index contributed by atoms with van der Waals surface area (Å²) in [4.78, 5) is 12.7. The van der Waals surface area contributed by atoms with Gasteiger partial charge in [0.1, 0.15) is 5.82 Å². The first-order valence-corrected chi connectivity index (χ1v) is 11.9. The number of carbonyl (C=O) groups excluding carboxylic acids is 1. The van der Waals surface area contributed by atoms with E-state index in [2.05, 4.69) is 17.0 Å². The fraction of sp³-hybridized carbons (Fsp3) is 0.667. The van der Waals surface area contributed by atoms with Crippen LogP contribution < -0.4 is 10.0 Å². The molecule has 0 heterocycles. The Balaban J connectivity index is 1.43. The van der Waals surface area contributed by atoms with E-state index in [4.69, 9.17) is 0 Å². The van der Waals surface area contributed by atoms with Crippen LogP contribution in [0.1, 0.15) is 58.3 Å². The number of hydrogen-bond acceptors (Lipinski definition) is 3. The van der Waals surface area contributed by atoms with Crippen LogP contribution in [0.3, 0.4) is 0 Å². The molecule has 0 radical (unpaired) electrons. The van der Waals surface area contributed by atoms with Gasteiger partial charge in [-0.25, -0.2) is 17.5 Å². The summed E-state index contributed by atoms with van der Waals surface area (Å²) in [6.07, 6.45) is 7.99. The van der Waals surface area contributed by atoms with Crippen molar-refractivity contribution in [3.05, 3.63) is 30.1 Å². The molecule has 2 aliphatic rings. The van der Waals surface area contributed by atoms with Crippen molar-refractivity contribution in [3.8, 4) is 0 Å². The molecular weight excluding hydrogens is 379 g/mol. The summed E-state index contributed by atoms with van der Waals surface area (Å²) < 4.78 is 40.2. The number of hydrogen-bond donors (Lipinski definition) is 2. The molecule has 0 bridgehead atoms. The van der Waals surface area contributed by atoms with Gasteiger partial charge >= 0.3 is 0 Å². The van der Waals surface area contributed by atoms with E-state index in [1.807, 2.05) is 0 Å². The molecule has 2 atom stereocenters. The summed E-state index contributed by atoms with van der Waals surface area (Å²) in [5.74, 6) is 0.532. The predicted molar refractivity (Wildman–Crippen MR) is 107 cm³/mol. The summed E-state index contributed by atoms with van der Waals surface area (Å²) in [6.45, 7) is 2.57. The molecule has 5 nitrogen and oxygen atoms in total. The highest BCUT2D eigenvalue weighted by atomic mass is 32.2. The molecule has 2 aliphatic carbocycles. The standard InChI is InChI=1S/C21H31FN2O3S/c1-15-4-2-3-5-20(15)24-21(25)17-8-6-16(7-9-17)14-23-28(26,27)19-12-10-18(22)11-13-19/h10-13,15-17,20,23H,2-9,14H2,1H3,(H,24,25)/t15-,16?,17?,20+/m1/s1. The van der Waals surface area contributed by atoms with Gasteiger partial charge in [-0.05, 0) is 74.6 Å². The molecular formula is C21H31FN2O3S. The number of rotatable bonds is 6. The van der Waals surface area contributed by atoms with Gasteiger partial charge in [0, 0.05) is 18.5 Å². The van der Waals surface area contributed by atoms with Gasteiger partial charge in [0.2, 0.25) is 15.9 Å². The summed E-state index contributed by atoms with van der Waals surface area (Å²) in [6, 6.07) is 5.13. The minimum absolute atomic E-state index is 0.0408. The number of nitrogens with one attached hydrogen (secondary N) is 2. The van der Waals surface area contributed by atoms with Gasteiger partial charge in [0.05, 0.1) is 4.90 Å². The van der Waals surface area contributed by atoms with E-state index in [0.29, 0.717) is 18.5 Å². The van der Waals surface area contributed by atoms with E-state index >= 15 is 0 Å². The van der Waals surface area contributed by atoms with Gasteiger partial charge < -0.3 is 5.32 Å². The van der Waals surface area contributed by atoms with Crippen LogP contribution in [0.25, 0.3) is 0 Å². The number of amides is 1. The fourth-order valence-electron chi connectivity index (χ4n) is 4.38. The second-order valence-electron chi connectivity index (χ2n) is 8.40. The van der Waals surface area contributed by atoms with E-state index in [-0.39, 0.29) is 22.6 Å². The predicted octanol–water partition coefficient (Wildman–Crippen LogP) is 3.61. The second-order valence-corrected chi connectivity index (χ2v) is 10.2. The lowest BCUT2D eigenvalue weighted by atomic mass is 9.80. The van der Waals surface area contributed by atoms with Gasteiger partial charge in [-0.1, -0.05) is 19.8 Å². The molecule has 0 aliphatic heterocycles. The van der Waals surface area contributed by atoms with Gasteiger partial charge in [0.25, 0.3) is 0 Å². The van der Waals surface area contributed by atoms with Gasteiger partial charge in [-0.2, -0.15) is 0 Å². The third-order valence-corrected chi connectivity index (χ3v) is 7.78. The summed E-state index contributed by atoms with van der Waals surface area (Å²) >= 11 is 0. The maximum atomic E-state index is 13.0. The molecule has 28 heavy (non-hydrogen) atoms. The van der Waals surface area contributed by atoms with E-state index in [0.717, 1.165) is 44.2 Å². The summed E-state index contributed by atoms with van der Waals surface area (Å²) in [7, 11) is -3.63. The Bertz CT molecular complexity index is 758. The van der Waals surface area contributed by atoms with Crippen LogP contribution in [0.15, 0.2) is 29.2 Å². The summed E-state index contributed by atoms with van der Waals surface area (Å²) in [5, 5.41) is 3.25. The van der Waals surface area contributed by atoms with Crippen molar-refractivity contribution in [2.45, 2.75) is 69.2 Å². The zero-order chi connectivity index (χ0) is 20.1. The SMILES string of the molecule is C[C@@H]1CCCC[C@@H]1NC(=O)C1CCC(CNS(=O)(=O)c2ccc(F)cc2)CC1. The first kappa shape index (κ1) is 21.2. The molecule has 0 spiro atoms. The Labute approximate surface area is 167 Å². The fourth-order valence-corrected chi connectivity index (χ4v) is 5.50. The molecule has 1 amide bonds. The Hall–Kier alpha value is -1.47. The van der Waals surface area contributed by atoms with Gasteiger partial charge in [0.15, 0.2) is 0 Å². The number of benzene rings is 1. The van der Waals surface area contributed by atoms with Crippen LogP contribution in [0.4, 0.5) is 4.39 Å². The number of halogens is 1. The third-order valence-electron chi connectivity index (χ3n) is 6.34. The van der Waals surface area contributed by atoms with Crippen molar-refractivity contribution in [1.29, 1.82) is 0 Å². The zero-order valence-corrected chi connectivity index (χ0v) is 17.3. The van der Waals surface area contributed by atoms with E-state index in [9.17, 15) is 17.6 Å². The van der Waals surface area contributed by atoms with Crippen molar-refractivity contribution < 1.29 is 17.6 Å². The lowest BCUT2D eigenvalue weighted by Crippen LogP contribution is -2.44. The Morgan fingerprint density at radius 1 is 1.04 bits per heavy atom. The smallest absolute Gasteiger partial charge is 0.240 e. The molecule has 0 aromatic heterocycles. The second kappa shape index (κ2) is 9.35. The third kappa shape index (κ3) is 5.54. The number of sulfonamides is 1. The van der Waals surface area contributed by atoms with E-state index < -0.39 is 15.8 Å². The molecule has 1 aromatic carbocycles. The minimum Gasteiger partial charge on any atom is -0.353 e. The number of carbonyl (C=O) groups is 1. The van der Waals surface area contributed by atoms with Crippen LogP contribution in [-0.4, -0.2) is 26.9 Å². The first-order valence-electron chi connectivity index (χ1n) is 10.4. The molecule has 156 valence electrons. The van der Waals surface area contributed by atoms with Crippen LogP contribution >= 0.6 is 0 Å². The average Bonchev–Trinajstić information content (AvgIpc) is 2.69. The lowest BCUT2D eigenvalue weighted by Gasteiger charge is -2.33. The Morgan fingerprint density at radius 2 is 1.68 bits per heavy atom. The lowest BCUT2D eigenvalue weighted by molar-refractivity contribution is -0.127. The molecule has 2 fully saturated rings. The highest BCUT2D eigenvalue weighted by Gasteiger charge is 2.30. The quantitative estimate of drug-likeness (QED) is 0.752. The van der Waals surface area contributed by atoms with E-state index in [1.54, 1.807) is 0 Å². The van der Waals surface area contributed by atoms with Crippen molar-refractivity contribution in [2.75, 3.05) is 6.54 Å². The monoisotopic (exact) mass is 410 g/mol. The maximum Gasteiger partial charge on any atom is 0.240 e. The van der Waals surface area contributed by atoms with Crippen LogP contribution in [0.2, 0.25) is 0 Å². The molecule has 2 N–H and O–H groups in total. The topological polar surface area (TPSA) is 75.3 Å². The highest BCUT2D eigenvalue weighted by molar-refractivity contribution is 7.89. The van der Waals surface area contributed by atoms with Crippen molar-refractivity contribution in [2.24, 2.45) is 17.8 Å². The van der Waals surface area contributed by atoms with Crippen LogP contribution in [0.5, 0.6) is 0 Å². The Morgan fingerprint density at radius 3 is 2.32 bits per heavy atom. The first-order chi connectivity index (χ1) is 13.3. The highest BCUT2D eigenvalue weighted by Crippen LogP contribution is 2.30. The van der Waals surface area contributed by atoms with E-state index in [1.165, 1.54) is 31.4 Å². The van der Waals surface area contributed by atoms with Gasteiger partial charge in [-0.15, -0.1) is 0 Å². The van der Waals surface area contributed by atoms with Crippen molar-refractivity contribution in [3.63, 3.8) is 0 Å². The minimum atomic E-state index is -3.63. The van der Waals surface area contributed by atoms with Crippen LogP contribution in [0, 0.1) is 23.6 Å². The molecule has 7 heteroatoms. The normalized spacial score (nSPS) is 28.6. The molecule has 3 rings (SSSR count). The molecule has 2 saturated carbocycles. The van der Waals surface area contributed by atoms with Crippen molar-refractivity contribution >= 4 is 15.9 Å². The largest absolute Gasteiger partial charge is 0.353 e. The van der Waals surface area contributed by atoms with Crippen LogP contribution in [-0.2, 0) is 14.8 Å². The maximum absolute atomic E-state index is 13.0. The Kier molecular flexibility index (Phi) is 7.10. The van der Waals surface area contributed by atoms with Crippen molar-refractivity contribution in [1.82, 2.24) is 10.0 Å². The average molecular weight is 411 g/mol. The van der Waals surface area contributed by atoms with Gasteiger partial charge in [-0.3, -0.25) is 4.79 Å².